The molecule has 0 aliphatic carbocycles. The van der Waals surface area contributed by atoms with Crippen LogP contribution in [0.2, 0.25) is 18.1 Å². The first-order chi connectivity index (χ1) is 11.2. The molecule has 0 bridgehead atoms. The first-order valence-corrected chi connectivity index (χ1v) is 13.1. The highest BCUT2D eigenvalue weighted by Gasteiger charge is 2.37. The van der Waals surface area contributed by atoms with Crippen LogP contribution in [0.1, 0.15) is 46.4 Å². The van der Waals surface area contributed by atoms with E-state index in [-0.39, 0.29) is 5.04 Å². The molecular weight excluding hydrogens is 467 g/mol. The zero-order chi connectivity index (χ0) is 19.2. The van der Waals surface area contributed by atoms with E-state index in [0.29, 0.717) is 6.61 Å². The molecule has 0 spiro atoms. The zero-order valence-corrected chi connectivity index (χ0v) is 20.2. The zero-order valence-electron chi connectivity index (χ0n) is 16.2. The SMILES string of the molecule is CC(C)(C)OC(=O)n1nc(I)c2sc(CO[Si](C)(C)C(C)(C)C)cc21. The minimum atomic E-state index is -1.81. The van der Waals surface area contributed by atoms with Gasteiger partial charge in [0, 0.05) is 4.88 Å². The maximum atomic E-state index is 12.4. The molecule has 0 aliphatic heterocycles. The normalized spacial score (nSPS) is 13.5. The fourth-order valence-electron chi connectivity index (χ4n) is 1.91. The minimum Gasteiger partial charge on any atom is -0.442 e. The second kappa shape index (κ2) is 6.93. The molecule has 2 heterocycles. The Morgan fingerprint density at radius 3 is 2.40 bits per heavy atom. The number of rotatable bonds is 3. The lowest BCUT2D eigenvalue weighted by atomic mass is 10.2. The Bertz CT molecular complexity index is 784. The summed E-state index contributed by atoms with van der Waals surface area (Å²) in [6, 6.07) is 1.99. The molecule has 0 unspecified atom stereocenters. The summed E-state index contributed by atoms with van der Waals surface area (Å²) in [6.45, 7) is 17.3. The van der Waals surface area contributed by atoms with Crippen molar-refractivity contribution in [3.63, 3.8) is 0 Å². The summed E-state index contributed by atoms with van der Waals surface area (Å²) < 4.78 is 14.9. The van der Waals surface area contributed by atoms with Gasteiger partial charge in [-0.3, -0.25) is 0 Å². The molecule has 2 aromatic rings. The fraction of sp³-hybridized carbons (Fsp3) is 0.647. The van der Waals surface area contributed by atoms with Crippen molar-refractivity contribution in [2.75, 3.05) is 0 Å². The van der Waals surface area contributed by atoms with E-state index in [2.05, 4.69) is 61.6 Å². The Kier molecular flexibility index (Phi) is 5.78. The molecule has 0 fully saturated rings. The summed E-state index contributed by atoms with van der Waals surface area (Å²) >= 11 is 3.79. The van der Waals surface area contributed by atoms with Crippen LogP contribution in [0.5, 0.6) is 0 Å². The van der Waals surface area contributed by atoms with Crippen LogP contribution in [0.25, 0.3) is 10.2 Å². The second-order valence-corrected chi connectivity index (χ2v) is 15.6. The van der Waals surface area contributed by atoms with Gasteiger partial charge in [-0.15, -0.1) is 11.3 Å². The number of carbonyl (C=O) groups is 1. The number of halogens is 1. The molecule has 0 saturated carbocycles. The van der Waals surface area contributed by atoms with Gasteiger partial charge in [-0.2, -0.15) is 9.78 Å². The number of nitrogens with zero attached hydrogens (tertiary/aromatic N) is 2. The second-order valence-electron chi connectivity index (χ2n) is 8.66. The van der Waals surface area contributed by atoms with Gasteiger partial charge in [0.2, 0.25) is 0 Å². The van der Waals surface area contributed by atoms with Crippen LogP contribution in [0.4, 0.5) is 4.79 Å². The van der Waals surface area contributed by atoms with Gasteiger partial charge in [0.05, 0.1) is 16.8 Å². The number of hydrogen-bond donors (Lipinski definition) is 0. The van der Waals surface area contributed by atoms with Crippen LogP contribution < -0.4 is 0 Å². The van der Waals surface area contributed by atoms with Crippen molar-refractivity contribution in [3.8, 4) is 0 Å². The van der Waals surface area contributed by atoms with E-state index in [9.17, 15) is 4.79 Å². The van der Waals surface area contributed by atoms with Crippen LogP contribution in [-0.2, 0) is 15.8 Å². The fourth-order valence-corrected chi connectivity index (χ4v) is 4.71. The summed E-state index contributed by atoms with van der Waals surface area (Å²) in [5.41, 5.74) is 0.239. The van der Waals surface area contributed by atoms with Crippen molar-refractivity contribution < 1.29 is 14.0 Å². The largest absolute Gasteiger partial charge is 0.442 e. The van der Waals surface area contributed by atoms with E-state index in [1.54, 1.807) is 11.3 Å². The molecule has 0 amide bonds. The summed E-state index contributed by atoms with van der Waals surface area (Å²) in [6.07, 6.45) is -0.449. The van der Waals surface area contributed by atoms with Crippen LogP contribution in [0.15, 0.2) is 6.07 Å². The van der Waals surface area contributed by atoms with Gasteiger partial charge in [-0.25, -0.2) is 4.79 Å². The Hall–Kier alpha value is -0.453. The van der Waals surface area contributed by atoms with Gasteiger partial charge in [-0.1, -0.05) is 20.8 Å². The average Bonchev–Trinajstić information content (AvgIpc) is 2.94. The smallest absolute Gasteiger partial charge is 0.435 e. The molecule has 5 nitrogen and oxygen atoms in total. The number of aromatic nitrogens is 2. The minimum absolute atomic E-state index is 0.172. The maximum absolute atomic E-state index is 12.4. The standard InChI is InChI=1S/C17H27IN2O3SSi/c1-16(2,3)23-15(21)20-12-9-11(24-13(12)14(18)19-20)10-22-25(7,8)17(4,5)6/h9H,10H2,1-8H3. The topological polar surface area (TPSA) is 53.4 Å². The molecule has 25 heavy (non-hydrogen) atoms. The number of hydrogen-bond acceptors (Lipinski definition) is 5. The van der Waals surface area contributed by atoms with Crippen molar-refractivity contribution in [1.82, 2.24) is 9.78 Å². The Labute approximate surface area is 168 Å². The van der Waals surface area contributed by atoms with Crippen LogP contribution in [0.3, 0.4) is 0 Å². The monoisotopic (exact) mass is 494 g/mol. The molecule has 140 valence electrons. The third-order valence-electron chi connectivity index (χ3n) is 4.31. The average molecular weight is 494 g/mol. The van der Waals surface area contributed by atoms with Gasteiger partial charge in [-0.05, 0) is 67.6 Å². The van der Waals surface area contributed by atoms with E-state index in [0.717, 1.165) is 18.8 Å². The molecule has 0 atom stereocenters. The van der Waals surface area contributed by atoms with E-state index in [1.165, 1.54) is 4.68 Å². The van der Waals surface area contributed by atoms with E-state index >= 15 is 0 Å². The molecule has 8 heteroatoms. The molecule has 0 N–H and O–H groups in total. The summed E-state index contributed by atoms with van der Waals surface area (Å²) in [5.74, 6) is 0. The maximum Gasteiger partial charge on any atom is 0.435 e. The molecule has 2 aromatic heterocycles. The van der Waals surface area contributed by atoms with Gasteiger partial charge >= 0.3 is 6.09 Å². The molecule has 0 aromatic carbocycles. The predicted octanol–water partition coefficient (Wildman–Crippen LogP) is 6.01. The summed E-state index contributed by atoms with van der Waals surface area (Å²) in [5, 5.41) is 4.50. The molecular formula is C17H27IN2O3SSi. The lowest BCUT2D eigenvalue weighted by Crippen LogP contribution is -2.40. The highest BCUT2D eigenvalue weighted by molar-refractivity contribution is 14.1. The van der Waals surface area contributed by atoms with E-state index in [4.69, 9.17) is 9.16 Å². The summed E-state index contributed by atoms with van der Waals surface area (Å²) in [4.78, 5) is 13.5. The lowest BCUT2D eigenvalue weighted by molar-refractivity contribution is 0.0522. The molecule has 0 aliphatic rings. The Morgan fingerprint density at radius 1 is 1.28 bits per heavy atom. The first kappa shape index (κ1) is 20.9. The van der Waals surface area contributed by atoms with Crippen molar-refractivity contribution in [1.29, 1.82) is 0 Å². The van der Waals surface area contributed by atoms with E-state index < -0.39 is 20.0 Å². The van der Waals surface area contributed by atoms with Crippen molar-refractivity contribution >= 4 is 58.6 Å². The first-order valence-electron chi connectivity index (χ1n) is 8.25. The van der Waals surface area contributed by atoms with E-state index in [1.807, 2.05) is 26.8 Å². The predicted molar refractivity (Wildman–Crippen MR) is 114 cm³/mol. The van der Waals surface area contributed by atoms with Crippen molar-refractivity contribution in [3.05, 3.63) is 14.6 Å². The summed E-state index contributed by atoms with van der Waals surface area (Å²) in [7, 11) is -1.81. The van der Waals surface area contributed by atoms with Crippen molar-refractivity contribution in [2.45, 2.75) is 71.9 Å². The van der Waals surface area contributed by atoms with Crippen LogP contribution in [0, 0.1) is 3.70 Å². The van der Waals surface area contributed by atoms with Gasteiger partial charge < -0.3 is 9.16 Å². The van der Waals surface area contributed by atoms with Gasteiger partial charge in [0.15, 0.2) is 8.32 Å². The number of carbonyl (C=O) groups excluding carboxylic acids is 1. The highest BCUT2D eigenvalue weighted by atomic mass is 127. The third-order valence-corrected chi connectivity index (χ3v) is 11.0. The number of ether oxygens (including phenoxy) is 1. The highest BCUT2D eigenvalue weighted by Crippen LogP contribution is 2.38. The quantitative estimate of drug-likeness (QED) is 0.388. The van der Waals surface area contributed by atoms with Crippen LogP contribution in [-0.4, -0.2) is 29.8 Å². The molecule has 0 radical (unpaired) electrons. The number of fused-ring (bicyclic) bond motifs is 1. The van der Waals surface area contributed by atoms with Gasteiger partial charge in [0.1, 0.15) is 9.30 Å². The third kappa shape index (κ3) is 4.84. The van der Waals surface area contributed by atoms with Gasteiger partial charge in [0.25, 0.3) is 0 Å². The Morgan fingerprint density at radius 2 is 1.88 bits per heavy atom. The van der Waals surface area contributed by atoms with Crippen molar-refractivity contribution in [2.24, 2.45) is 0 Å². The number of thiophene rings is 1. The molecule has 2 rings (SSSR count). The Balaban J connectivity index is 2.26. The molecule has 0 saturated heterocycles. The van der Waals surface area contributed by atoms with Crippen LogP contribution >= 0.6 is 33.9 Å². The lowest BCUT2D eigenvalue weighted by Gasteiger charge is -2.36.